The van der Waals surface area contributed by atoms with Crippen molar-refractivity contribution in [3.8, 4) is 11.5 Å². The Balaban J connectivity index is 1.42. The van der Waals surface area contributed by atoms with Gasteiger partial charge in [-0.3, -0.25) is 4.79 Å². The molecule has 142 valence electrons. The van der Waals surface area contributed by atoms with Crippen LogP contribution < -0.4 is 4.90 Å². The number of carbonyl (C=O) groups excluding carboxylic acids is 2. The van der Waals surface area contributed by atoms with Crippen LogP contribution in [0.5, 0.6) is 0 Å². The molecule has 0 bridgehead atoms. The fourth-order valence-corrected chi connectivity index (χ4v) is 3.07. The molecule has 1 saturated heterocycles. The molecule has 0 unspecified atom stereocenters. The van der Waals surface area contributed by atoms with Crippen molar-refractivity contribution in [1.82, 2.24) is 10.2 Å². The van der Waals surface area contributed by atoms with E-state index < -0.39 is 12.1 Å². The fraction of sp³-hybridized carbons (Fsp3) is 0.238. The van der Waals surface area contributed by atoms with Gasteiger partial charge < -0.3 is 14.1 Å². The quantitative estimate of drug-likeness (QED) is 0.629. The molecule has 0 spiro atoms. The highest BCUT2D eigenvalue weighted by molar-refractivity contribution is 5.96. The van der Waals surface area contributed by atoms with Crippen LogP contribution in [0.15, 0.2) is 59.0 Å². The highest BCUT2D eigenvalue weighted by Gasteiger charge is 2.23. The summed E-state index contributed by atoms with van der Waals surface area (Å²) in [6, 6.07) is 16.2. The lowest BCUT2D eigenvalue weighted by Gasteiger charge is -2.16. The van der Waals surface area contributed by atoms with Gasteiger partial charge in [-0.05, 0) is 49.7 Å². The van der Waals surface area contributed by atoms with Crippen LogP contribution in [-0.2, 0) is 9.53 Å². The van der Waals surface area contributed by atoms with E-state index in [4.69, 9.17) is 9.15 Å². The van der Waals surface area contributed by atoms with Gasteiger partial charge in [0.05, 0.1) is 5.56 Å². The highest BCUT2D eigenvalue weighted by Crippen LogP contribution is 2.24. The number of carbonyl (C=O) groups is 2. The number of hydrogen-bond acceptors (Lipinski definition) is 6. The van der Waals surface area contributed by atoms with Crippen molar-refractivity contribution in [3.63, 3.8) is 0 Å². The van der Waals surface area contributed by atoms with Crippen LogP contribution in [0.2, 0.25) is 0 Å². The second-order valence-electron chi connectivity index (χ2n) is 6.55. The van der Waals surface area contributed by atoms with Gasteiger partial charge in [-0.1, -0.05) is 18.2 Å². The van der Waals surface area contributed by atoms with E-state index in [0.29, 0.717) is 24.4 Å². The molecule has 2 aromatic carbocycles. The monoisotopic (exact) mass is 377 g/mol. The summed E-state index contributed by atoms with van der Waals surface area (Å²) in [4.78, 5) is 25.9. The Kier molecular flexibility index (Phi) is 4.89. The molecule has 1 fully saturated rings. The summed E-state index contributed by atoms with van der Waals surface area (Å²) in [7, 11) is 0. The van der Waals surface area contributed by atoms with E-state index in [-0.39, 0.29) is 11.8 Å². The summed E-state index contributed by atoms with van der Waals surface area (Å²) in [6.45, 7) is 2.39. The van der Waals surface area contributed by atoms with Gasteiger partial charge in [-0.15, -0.1) is 10.2 Å². The largest absolute Gasteiger partial charge is 0.449 e. The minimum absolute atomic E-state index is 0.106. The number of aromatic nitrogens is 2. The number of ether oxygens (including phenoxy) is 1. The predicted octanol–water partition coefficient (Wildman–Crippen LogP) is 3.78. The maximum atomic E-state index is 12.4. The third kappa shape index (κ3) is 3.64. The Morgan fingerprint density at radius 2 is 1.86 bits per heavy atom. The minimum atomic E-state index is -0.683. The van der Waals surface area contributed by atoms with Crippen molar-refractivity contribution < 1.29 is 18.7 Å². The molecule has 0 radical (unpaired) electrons. The Morgan fingerprint density at radius 3 is 2.54 bits per heavy atom. The van der Waals surface area contributed by atoms with Crippen molar-refractivity contribution in [1.29, 1.82) is 0 Å². The second-order valence-corrected chi connectivity index (χ2v) is 6.55. The molecular weight excluding hydrogens is 358 g/mol. The van der Waals surface area contributed by atoms with Crippen molar-refractivity contribution >= 4 is 17.6 Å². The Hall–Kier alpha value is -3.48. The predicted molar refractivity (Wildman–Crippen MR) is 102 cm³/mol. The maximum absolute atomic E-state index is 12.4. The molecule has 1 aliphatic rings. The van der Waals surface area contributed by atoms with Crippen LogP contribution in [0.25, 0.3) is 11.5 Å². The zero-order valence-electron chi connectivity index (χ0n) is 15.4. The molecule has 0 aliphatic carbocycles. The van der Waals surface area contributed by atoms with Gasteiger partial charge in [-0.25, -0.2) is 4.79 Å². The second kappa shape index (κ2) is 7.64. The maximum Gasteiger partial charge on any atom is 0.338 e. The zero-order chi connectivity index (χ0) is 19.5. The van der Waals surface area contributed by atoms with Gasteiger partial charge in [0.15, 0.2) is 6.10 Å². The molecule has 2 heterocycles. The summed E-state index contributed by atoms with van der Waals surface area (Å²) in [5.74, 6) is 0.213. The lowest BCUT2D eigenvalue weighted by atomic mass is 10.2. The molecule has 0 N–H and O–H groups in total. The first kappa shape index (κ1) is 17.9. The first-order valence-electron chi connectivity index (χ1n) is 9.12. The van der Waals surface area contributed by atoms with Crippen LogP contribution in [0.4, 0.5) is 5.69 Å². The van der Waals surface area contributed by atoms with E-state index in [9.17, 15) is 9.59 Å². The molecular formula is C21H19N3O4. The molecule has 1 aromatic heterocycles. The number of benzene rings is 2. The van der Waals surface area contributed by atoms with E-state index in [1.165, 1.54) is 0 Å². The summed E-state index contributed by atoms with van der Waals surface area (Å²) >= 11 is 0. The van der Waals surface area contributed by atoms with Gasteiger partial charge in [0, 0.05) is 24.2 Å². The Labute approximate surface area is 161 Å². The first-order chi connectivity index (χ1) is 13.6. The molecule has 4 rings (SSSR count). The van der Waals surface area contributed by atoms with Crippen molar-refractivity contribution in [3.05, 3.63) is 66.1 Å². The van der Waals surface area contributed by atoms with Crippen LogP contribution in [-0.4, -0.2) is 28.6 Å². The third-order valence-corrected chi connectivity index (χ3v) is 4.58. The lowest BCUT2D eigenvalue weighted by Crippen LogP contribution is -2.23. The summed E-state index contributed by atoms with van der Waals surface area (Å²) in [5, 5.41) is 7.98. The molecule has 3 aromatic rings. The number of anilines is 1. The smallest absolute Gasteiger partial charge is 0.338 e. The van der Waals surface area contributed by atoms with Crippen molar-refractivity contribution in [2.45, 2.75) is 25.9 Å². The van der Waals surface area contributed by atoms with E-state index in [0.717, 1.165) is 17.7 Å². The number of hydrogen-bond donors (Lipinski definition) is 0. The SMILES string of the molecule is C[C@@H](OC(=O)c1ccc(N2CCCC2=O)cc1)c1nnc(-c2ccccc2)o1. The molecule has 0 saturated carbocycles. The van der Waals surface area contributed by atoms with Crippen molar-refractivity contribution in [2.75, 3.05) is 11.4 Å². The summed E-state index contributed by atoms with van der Waals surface area (Å²) in [6.07, 6.45) is 0.739. The van der Waals surface area contributed by atoms with Crippen LogP contribution in [0.3, 0.4) is 0 Å². The molecule has 1 amide bonds. The van der Waals surface area contributed by atoms with Crippen LogP contribution in [0.1, 0.15) is 42.1 Å². The van der Waals surface area contributed by atoms with Crippen LogP contribution >= 0.6 is 0 Å². The number of rotatable bonds is 5. The van der Waals surface area contributed by atoms with Gasteiger partial charge in [-0.2, -0.15) is 0 Å². The summed E-state index contributed by atoms with van der Waals surface area (Å²) in [5.41, 5.74) is 1.98. The first-order valence-corrected chi connectivity index (χ1v) is 9.12. The Morgan fingerprint density at radius 1 is 1.11 bits per heavy atom. The lowest BCUT2D eigenvalue weighted by molar-refractivity contribution is -0.117. The zero-order valence-corrected chi connectivity index (χ0v) is 15.4. The molecule has 1 atom stereocenters. The highest BCUT2D eigenvalue weighted by atomic mass is 16.6. The Bertz CT molecular complexity index is 982. The van der Waals surface area contributed by atoms with Crippen LogP contribution in [0, 0.1) is 0 Å². The normalized spacial score (nSPS) is 14.9. The summed E-state index contributed by atoms with van der Waals surface area (Å²) < 4.78 is 11.1. The standard InChI is InChI=1S/C21H19N3O4/c1-14(19-22-23-20(28-19)15-6-3-2-4-7-15)27-21(26)16-9-11-17(12-10-16)24-13-5-8-18(24)25/h2-4,6-7,9-12,14H,5,8,13H2,1H3/t14-/m1/s1. The minimum Gasteiger partial charge on any atom is -0.449 e. The third-order valence-electron chi connectivity index (χ3n) is 4.58. The number of amides is 1. The number of nitrogens with zero attached hydrogens (tertiary/aromatic N) is 3. The van der Waals surface area contributed by atoms with Gasteiger partial charge >= 0.3 is 5.97 Å². The van der Waals surface area contributed by atoms with E-state index in [1.807, 2.05) is 30.3 Å². The number of esters is 1. The molecule has 1 aliphatic heterocycles. The molecule has 7 heteroatoms. The average Bonchev–Trinajstić information content (AvgIpc) is 3.38. The van der Waals surface area contributed by atoms with E-state index in [1.54, 1.807) is 36.1 Å². The van der Waals surface area contributed by atoms with E-state index in [2.05, 4.69) is 10.2 Å². The van der Waals surface area contributed by atoms with Crippen molar-refractivity contribution in [2.24, 2.45) is 0 Å². The topological polar surface area (TPSA) is 85.5 Å². The van der Waals surface area contributed by atoms with E-state index >= 15 is 0 Å². The molecule has 7 nitrogen and oxygen atoms in total. The fourth-order valence-electron chi connectivity index (χ4n) is 3.07. The molecule has 28 heavy (non-hydrogen) atoms. The van der Waals surface area contributed by atoms with Gasteiger partial charge in [0.2, 0.25) is 11.8 Å². The van der Waals surface area contributed by atoms with Gasteiger partial charge in [0.1, 0.15) is 0 Å². The average molecular weight is 377 g/mol. The van der Waals surface area contributed by atoms with Gasteiger partial charge in [0.25, 0.3) is 5.89 Å².